The number of rotatable bonds is 4. The van der Waals surface area contributed by atoms with Gasteiger partial charge < -0.3 is 14.9 Å². The van der Waals surface area contributed by atoms with Crippen molar-refractivity contribution in [2.75, 3.05) is 12.8 Å². The maximum absolute atomic E-state index is 11.0. The number of hydrogen-bond acceptors (Lipinski definition) is 5. The molecule has 0 aliphatic rings. The van der Waals surface area contributed by atoms with Gasteiger partial charge in [-0.15, -0.1) is 0 Å². The molecule has 0 saturated heterocycles. The maximum Gasteiger partial charge on any atom is 0.306 e. The molecule has 2 rings (SSSR count). The molecule has 1 aromatic heterocycles. The van der Waals surface area contributed by atoms with Gasteiger partial charge in [-0.1, -0.05) is 12.1 Å². The fraction of sp³-hybridized carbons (Fsp3) is 0.231. The number of nitrogens with two attached hydrogens (primary N) is 1. The summed E-state index contributed by atoms with van der Waals surface area (Å²) in [6, 6.07) is 7.35. The Morgan fingerprint density at radius 1 is 1.39 bits per heavy atom. The molecule has 2 N–H and O–H groups in total. The van der Waals surface area contributed by atoms with Crippen molar-refractivity contribution in [1.82, 2.24) is 4.98 Å². The van der Waals surface area contributed by atoms with Crippen LogP contribution in [0.1, 0.15) is 12.3 Å². The molecule has 0 aliphatic carbocycles. The normalized spacial score (nSPS) is 10.3. The minimum absolute atomic E-state index is 0.262. The zero-order chi connectivity index (χ0) is 13.0. The number of aromatic nitrogens is 1. The minimum atomic E-state index is -0.276. The van der Waals surface area contributed by atoms with Crippen molar-refractivity contribution in [2.45, 2.75) is 12.8 Å². The highest BCUT2D eigenvalue weighted by Gasteiger charge is 2.08. The van der Waals surface area contributed by atoms with Crippen LogP contribution in [0.5, 0.6) is 0 Å². The molecule has 2 aromatic rings. The molecule has 1 heterocycles. The third-order valence-electron chi connectivity index (χ3n) is 2.53. The third-order valence-corrected chi connectivity index (χ3v) is 2.53. The predicted octanol–water partition coefficient (Wildman–Crippen LogP) is 2.03. The largest absolute Gasteiger partial charge is 0.469 e. The zero-order valence-electron chi connectivity index (χ0n) is 10.1. The van der Waals surface area contributed by atoms with Crippen LogP contribution < -0.4 is 5.73 Å². The second-order valence-corrected chi connectivity index (χ2v) is 3.82. The number of oxazole rings is 1. The lowest BCUT2D eigenvalue weighted by Crippen LogP contribution is -2.01. The highest BCUT2D eigenvalue weighted by molar-refractivity contribution is 5.69. The summed E-state index contributed by atoms with van der Waals surface area (Å²) in [7, 11) is 1.36. The van der Waals surface area contributed by atoms with E-state index in [1.54, 1.807) is 18.4 Å². The molecule has 0 bridgehead atoms. The van der Waals surface area contributed by atoms with E-state index in [1.807, 2.05) is 12.1 Å². The van der Waals surface area contributed by atoms with Crippen molar-refractivity contribution in [2.24, 2.45) is 0 Å². The van der Waals surface area contributed by atoms with Crippen LogP contribution in [0.4, 0.5) is 5.69 Å². The number of hydrogen-bond donors (Lipinski definition) is 1. The number of aryl methyl sites for hydroxylation is 1. The first-order valence-electron chi connectivity index (χ1n) is 5.56. The molecule has 0 radical (unpaired) electrons. The highest BCUT2D eigenvalue weighted by atomic mass is 16.5. The Balaban J connectivity index is 2.06. The Morgan fingerprint density at radius 2 is 2.11 bits per heavy atom. The topological polar surface area (TPSA) is 78.3 Å². The molecule has 1 aromatic carbocycles. The fourth-order valence-corrected chi connectivity index (χ4v) is 1.52. The van der Waals surface area contributed by atoms with Crippen LogP contribution in [0.25, 0.3) is 11.3 Å². The van der Waals surface area contributed by atoms with Crippen molar-refractivity contribution in [3.8, 4) is 11.3 Å². The summed E-state index contributed by atoms with van der Waals surface area (Å²) >= 11 is 0. The molecular formula is C13H14N2O3. The first kappa shape index (κ1) is 12.2. The first-order chi connectivity index (χ1) is 8.69. The molecule has 5 heteroatoms. The Labute approximate surface area is 105 Å². The summed E-state index contributed by atoms with van der Waals surface area (Å²) in [6.07, 6.45) is 2.26. The molecule has 0 unspecified atom stereocenters. The molecule has 94 valence electrons. The Kier molecular flexibility index (Phi) is 3.62. The first-order valence-corrected chi connectivity index (χ1v) is 5.56. The van der Waals surface area contributed by atoms with E-state index in [1.165, 1.54) is 7.11 Å². The van der Waals surface area contributed by atoms with Crippen LogP contribution >= 0.6 is 0 Å². The number of methoxy groups -OCH3 is 1. The zero-order valence-corrected chi connectivity index (χ0v) is 10.1. The molecule has 0 amide bonds. The van der Waals surface area contributed by atoms with Crippen LogP contribution in [0.3, 0.4) is 0 Å². The van der Waals surface area contributed by atoms with Gasteiger partial charge in [-0.05, 0) is 12.1 Å². The van der Waals surface area contributed by atoms with Crippen LogP contribution in [0, 0.1) is 0 Å². The summed E-state index contributed by atoms with van der Waals surface area (Å²) in [6.45, 7) is 0. The highest BCUT2D eigenvalue weighted by Crippen LogP contribution is 2.20. The van der Waals surface area contributed by atoms with Gasteiger partial charge in [0.05, 0.1) is 13.5 Å². The monoisotopic (exact) mass is 246 g/mol. The number of carbonyl (C=O) groups is 1. The molecule has 0 atom stereocenters. The van der Waals surface area contributed by atoms with Gasteiger partial charge in [0.1, 0.15) is 12.0 Å². The van der Waals surface area contributed by atoms with Gasteiger partial charge in [-0.3, -0.25) is 4.79 Å². The van der Waals surface area contributed by atoms with Gasteiger partial charge in [0.15, 0.2) is 5.89 Å². The quantitative estimate of drug-likeness (QED) is 0.659. The van der Waals surface area contributed by atoms with Crippen LogP contribution in [-0.4, -0.2) is 18.1 Å². The van der Waals surface area contributed by atoms with Gasteiger partial charge in [0.25, 0.3) is 0 Å². The van der Waals surface area contributed by atoms with Crippen LogP contribution in [0.2, 0.25) is 0 Å². The molecule has 0 spiro atoms. The van der Waals surface area contributed by atoms with Gasteiger partial charge >= 0.3 is 5.97 Å². The average molecular weight is 246 g/mol. The smallest absolute Gasteiger partial charge is 0.306 e. The SMILES string of the molecule is COC(=O)CCc1nc(-c2ccc(N)cc2)co1. The number of ether oxygens (including phenoxy) is 1. The average Bonchev–Trinajstić information content (AvgIpc) is 2.85. The number of benzene rings is 1. The van der Waals surface area contributed by atoms with Gasteiger partial charge in [-0.2, -0.15) is 0 Å². The molecule has 18 heavy (non-hydrogen) atoms. The summed E-state index contributed by atoms with van der Waals surface area (Å²) in [4.78, 5) is 15.3. The van der Waals surface area contributed by atoms with E-state index in [0.29, 0.717) is 18.0 Å². The number of anilines is 1. The Bertz CT molecular complexity index is 531. The van der Waals surface area contributed by atoms with E-state index in [9.17, 15) is 4.79 Å². The molecular weight excluding hydrogens is 232 g/mol. The second kappa shape index (κ2) is 5.35. The summed E-state index contributed by atoms with van der Waals surface area (Å²) in [5.74, 6) is 0.245. The fourth-order valence-electron chi connectivity index (χ4n) is 1.52. The second-order valence-electron chi connectivity index (χ2n) is 3.82. The lowest BCUT2D eigenvalue weighted by Gasteiger charge is -1.96. The molecule has 0 fully saturated rings. The lowest BCUT2D eigenvalue weighted by atomic mass is 10.1. The Morgan fingerprint density at radius 3 is 2.78 bits per heavy atom. The number of nitrogens with zero attached hydrogens (tertiary/aromatic N) is 1. The van der Waals surface area contributed by atoms with E-state index in [-0.39, 0.29) is 12.4 Å². The lowest BCUT2D eigenvalue weighted by molar-refractivity contribution is -0.140. The van der Waals surface area contributed by atoms with E-state index in [4.69, 9.17) is 10.2 Å². The van der Waals surface area contributed by atoms with E-state index < -0.39 is 0 Å². The van der Waals surface area contributed by atoms with Crippen molar-refractivity contribution >= 4 is 11.7 Å². The summed E-state index contributed by atoms with van der Waals surface area (Å²) in [5.41, 5.74) is 7.97. The maximum atomic E-state index is 11.0. The van der Waals surface area contributed by atoms with Crippen molar-refractivity contribution < 1.29 is 13.9 Å². The van der Waals surface area contributed by atoms with Crippen LogP contribution in [0.15, 0.2) is 34.9 Å². The number of esters is 1. The molecule has 0 aliphatic heterocycles. The number of nitrogen functional groups attached to an aromatic ring is 1. The predicted molar refractivity (Wildman–Crippen MR) is 66.7 cm³/mol. The Hall–Kier alpha value is -2.30. The van der Waals surface area contributed by atoms with Crippen molar-refractivity contribution in [1.29, 1.82) is 0 Å². The van der Waals surface area contributed by atoms with Gasteiger partial charge in [0.2, 0.25) is 0 Å². The minimum Gasteiger partial charge on any atom is -0.469 e. The third kappa shape index (κ3) is 2.88. The molecule has 5 nitrogen and oxygen atoms in total. The van der Waals surface area contributed by atoms with Crippen molar-refractivity contribution in [3.05, 3.63) is 36.4 Å². The molecule has 0 saturated carbocycles. The van der Waals surface area contributed by atoms with Gasteiger partial charge in [0, 0.05) is 17.7 Å². The summed E-state index contributed by atoms with van der Waals surface area (Å²) < 4.78 is 9.85. The number of carbonyl (C=O) groups excluding carboxylic acids is 1. The van der Waals surface area contributed by atoms with E-state index >= 15 is 0 Å². The van der Waals surface area contributed by atoms with E-state index in [0.717, 1.165) is 11.3 Å². The van der Waals surface area contributed by atoms with E-state index in [2.05, 4.69) is 9.72 Å². The summed E-state index contributed by atoms with van der Waals surface area (Å²) in [5, 5.41) is 0. The standard InChI is InChI=1S/C13H14N2O3/c1-17-13(16)7-6-12-15-11(8-18-12)9-2-4-10(14)5-3-9/h2-5,8H,6-7,14H2,1H3. The van der Waals surface area contributed by atoms with Gasteiger partial charge in [-0.25, -0.2) is 4.98 Å². The van der Waals surface area contributed by atoms with Crippen molar-refractivity contribution in [3.63, 3.8) is 0 Å². The van der Waals surface area contributed by atoms with Crippen LogP contribution in [-0.2, 0) is 16.0 Å².